The van der Waals surface area contributed by atoms with Gasteiger partial charge < -0.3 is 10.2 Å². The summed E-state index contributed by atoms with van der Waals surface area (Å²) in [4.78, 5) is 2.56. The molecule has 1 aliphatic carbocycles. The summed E-state index contributed by atoms with van der Waals surface area (Å²) in [6.45, 7) is 5.14. The maximum absolute atomic E-state index is 3.34. The molecule has 0 aromatic carbocycles. The van der Waals surface area contributed by atoms with Crippen LogP contribution in [0.1, 0.15) is 32.1 Å². The molecule has 2 nitrogen and oxygen atoms in total. The van der Waals surface area contributed by atoms with E-state index in [1.165, 1.54) is 58.3 Å². The van der Waals surface area contributed by atoms with E-state index < -0.39 is 0 Å². The molecule has 0 atom stereocenters. The lowest BCUT2D eigenvalue weighted by atomic mass is 9.89. The minimum Gasteiger partial charge on any atom is -0.316 e. The Morgan fingerprint density at radius 1 is 1.00 bits per heavy atom. The van der Waals surface area contributed by atoms with Gasteiger partial charge in [0.2, 0.25) is 0 Å². The van der Waals surface area contributed by atoms with E-state index in [0.29, 0.717) is 0 Å². The Balaban J connectivity index is 1.62. The van der Waals surface area contributed by atoms with Gasteiger partial charge in [0, 0.05) is 26.2 Å². The van der Waals surface area contributed by atoms with Crippen molar-refractivity contribution >= 4 is 0 Å². The van der Waals surface area contributed by atoms with Crippen LogP contribution in [0.2, 0.25) is 0 Å². The van der Waals surface area contributed by atoms with Gasteiger partial charge >= 0.3 is 0 Å². The third-order valence-corrected chi connectivity index (χ3v) is 3.73. The quantitative estimate of drug-likeness (QED) is 0.736. The van der Waals surface area contributed by atoms with Gasteiger partial charge in [0.05, 0.1) is 0 Å². The molecule has 0 aromatic heterocycles. The summed E-state index contributed by atoms with van der Waals surface area (Å²) in [5.41, 5.74) is 0. The van der Waals surface area contributed by atoms with E-state index in [4.69, 9.17) is 0 Å². The van der Waals surface area contributed by atoms with E-state index >= 15 is 0 Å². The van der Waals surface area contributed by atoms with Crippen LogP contribution in [0.5, 0.6) is 0 Å². The van der Waals surface area contributed by atoms with Crippen LogP contribution in [0.15, 0.2) is 0 Å². The zero-order chi connectivity index (χ0) is 9.80. The molecule has 1 aliphatic heterocycles. The Bertz CT molecular complexity index is 160. The van der Waals surface area contributed by atoms with E-state index in [0.717, 1.165) is 11.8 Å². The molecule has 0 amide bonds. The second-order valence-electron chi connectivity index (χ2n) is 5.25. The smallest absolute Gasteiger partial charge is 0.00310 e. The molecule has 0 radical (unpaired) electrons. The minimum absolute atomic E-state index is 0.934. The second kappa shape index (κ2) is 5.13. The van der Waals surface area contributed by atoms with Crippen molar-refractivity contribution in [3.05, 3.63) is 0 Å². The molecular formula is C12H24N2. The van der Waals surface area contributed by atoms with E-state index in [9.17, 15) is 0 Å². The van der Waals surface area contributed by atoms with Crippen LogP contribution < -0.4 is 5.32 Å². The molecule has 0 aromatic rings. The van der Waals surface area contributed by atoms with Gasteiger partial charge in [-0.05, 0) is 31.7 Å². The molecule has 1 saturated heterocycles. The van der Waals surface area contributed by atoms with Crippen molar-refractivity contribution in [2.75, 3.05) is 33.2 Å². The van der Waals surface area contributed by atoms with Crippen molar-refractivity contribution in [3.8, 4) is 0 Å². The van der Waals surface area contributed by atoms with Gasteiger partial charge in [0.25, 0.3) is 0 Å². The van der Waals surface area contributed by atoms with Gasteiger partial charge in [-0.25, -0.2) is 0 Å². The van der Waals surface area contributed by atoms with Gasteiger partial charge in [-0.1, -0.05) is 19.3 Å². The molecular weight excluding hydrogens is 172 g/mol. The first kappa shape index (κ1) is 10.4. The molecule has 1 N–H and O–H groups in total. The Kier molecular flexibility index (Phi) is 3.82. The van der Waals surface area contributed by atoms with Crippen molar-refractivity contribution in [1.29, 1.82) is 0 Å². The van der Waals surface area contributed by atoms with Gasteiger partial charge in [0.1, 0.15) is 0 Å². The first-order valence-corrected chi connectivity index (χ1v) is 6.24. The summed E-state index contributed by atoms with van der Waals surface area (Å²) in [6.07, 6.45) is 7.39. The third-order valence-electron chi connectivity index (χ3n) is 3.73. The Hall–Kier alpha value is -0.0800. The Labute approximate surface area is 88.1 Å². The largest absolute Gasteiger partial charge is 0.316 e. The lowest BCUT2D eigenvalue weighted by molar-refractivity contribution is 0.182. The summed E-state index contributed by atoms with van der Waals surface area (Å²) >= 11 is 0. The van der Waals surface area contributed by atoms with Crippen molar-refractivity contribution in [1.82, 2.24) is 10.2 Å². The molecule has 14 heavy (non-hydrogen) atoms. The topological polar surface area (TPSA) is 15.3 Å². The zero-order valence-electron chi connectivity index (χ0n) is 9.47. The maximum Gasteiger partial charge on any atom is 0.00310 e. The van der Waals surface area contributed by atoms with Gasteiger partial charge in [-0.3, -0.25) is 0 Å². The fourth-order valence-corrected chi connectivity index (χ4v) is 2.80. The van der Waals surface area contributed by atoms with E-state index in [1.54, 1.807) is 0 Å². The molecule has 1 heterocycles. The summed E-state index contributed by atoms with van der Waals surface area (Å²) in [5.74, 6) is 1.94. The average Bonchev–Trinajstić information content (AvgIpc) is 2.13. The van der Waals surface area contributed by atoms with Gasteiger partial charge in [-0.2, -0.15) is 0 Å². The zero-order valence-corrected chi connectivity index (χ0v) is 9.47. The van der Waals surface area contributed by atoms with Gasteiger partial charge in [0.15, 0.2) is 0 Å². The Morgan fingerprint density at radius 3 is 2.21 bits per heavy atom. The van der Waals surface area contributed by atoms with Crippen LogP contribution in [-0.2, 0) is 0 Å². The van der Waals surface area contributed by atoms with Crippen molar-refractivity contribution in [2.24, 2.45) is 11.8 Å². The maximum atomic E-state index is 3.34. The lowest BCUT2D eigenvalue weighted by Gasteiger charge is -2.33. The van der Waals surface area contributed by atoms with Crippen molar-refractivity contribution in [2.45, 2.75) is 32.1 Å². The normalized spacial score (nSPS) is 25.3. The molecule has 2 aliphatic rings. The monoisotopic (exact) mass is 196 g/mol. The van der Waals surface area contributed by atoms with Crippen LogP contribution in [0.25, 0.3) is 0 Å². The summed E-state index contributed by atoms with van der Waals surface area (Å²) in [6, 6.07) is 0. The lowest BCUT2D eigenvalue weighted by Crippen LogP contribution is -2.48. The number of rotatable bonds is 4. The highest BCUT2D eigenvalue weighted by molar-refractivity contribution is 4.78. The number of nitrogens with one attached hydrogen (secondary N) is 1. The molecule has 2 fully saturated rings. The summed E-state index contributed by atoms with van der Waals surface area (Å²) in [5, 5.41) is 3.34. The molecule has 2 heteroatoms. The second-order valence-corrected chi connectivity index (χ2v) is 5.25. The summed E-state index contributed by atoms with van der Waals surface area (Å²) in [7, 11) is 2.30. The Morgan fingerprint density at radius 2 is 1.64 bits per heavy atom. The van der Waals surface area contributed by atoms with Crippen LogP contribution >= 0.6 is 0 Å². The molecule has 0 spiro atoms. The fourth-order valence-electron chi connectivity index (χ4n) is 2.80. The van der Waals surface area contributed by atoms with E-state index in [-0.39, 0.29) is 0 Å². The van der Waals surface area contributed by atoms with Crippen molar-refractivity contribution < 1.29 is 0 Å². The summed E-state index contributed by atoms with van der Waals surface area (Å²) < 4.78 is 0. The highest BCUT2D eigenvalue weighted by Gasteiger charge is 2.20. The third kappa shape index (κ3) is 2.96. The van der Waals surface area contributed by atoms with E-state index in [1.807, 2.05) is 0 Å². The SMILES string of the molecule is CN(CC1CCCCC1)CC1CNC1. The van der Waals surface area contributed by atoms with Gasteiger partial charge in [-0.15, -0.1) is 0 Å². The standard InChI is InChI=1S/C12H24N2/c1-14(10-12-7-13-8-12)9-11-5-3-2-4-6-11/h11-13H,2-10H2,1H3. The van der Waals surface area contributed by atoms with Crippen LogP contribution in [0, 0.1) is 11.8 Å². The highest BCUT2D eigenvalue weighted by atomic mass is 15.1. The fraction of sp³-hybridized carbons (Fsp3) is 1.00. The highest BCUT2D eigenvalue weighted by Crippen LogP contribution is 2.24. The van der Waals surface area contributed by atoms with E-state index in [2.05, 4.69) is 17.3 Å². The van der Waals surface area contributed by atoms with Crippen LogP contribution in [0.3, 0.4) is 0 Å². The molecule has 0 unspecified atom stereocenters. The number of hydrogen-bond acceptors (Lipinski definition) is 2. The molecule has 82 valence electrons. The first-order valence-electron chi connectivity index (χ1n) is 6.24. The first-order chi connectivity index (χ1) is 6.84. The van der Waals surface area contributed by atoms with Crippen LogP contribution in [-0.4, -0.2) is 38.1 Å². The minimum atomic E-state index is 0.934. The molecule has 0 bridgehead atoms. The number of hydrogen-bond donors (Lipinski definition) is 1. The molecule has 1 saturated carbocycles. The predicted octanol–water partition coefficient (Wildman–Crippen LogP) is 1.72. The van der Waals surface area contributed by atoms with Crippen LogP contribution in [0.4, 0.5) is 0 Å². The van der Waals surface area contributed by atoms with Crippen molar-refractivity contribution in [3.63, 3.8) is 0 Å². The number of nitrogens with zero attached hydrogens (tertiary/aromatic N) is 1. The molecule has 2 rings (SSSR count). The predicted molar refractivity (Wildman–Crippen MR) is 60.4 cm³/mol. The average molecular weight is 196 g/mol.